The molecule has 5 nitrogen and oxygen atoms in total. The maximum atomic E-state index is 12.2. The van der Waals surface area contributed by atoms with E-state index in [1.165, 1.54) is 0 Å². The van der Waals surface area contributed by atoms with Gasteiger partial charge in [0.25, 0.3) is 0 Å². The Morgan fingerprint density at radius 1 is 1.12 bits per heavy atom. The Kier molecular flexibility index (Phi) is 6.55. The van der Waals surface area contributed by atoms with Crippen molar-refractivity contribution in [3.05, 3.63) is 70.1 Å². The molecule has 1 heterocycles. The third-order valence-corrected chi connectivity index (χ3v) is 3.81. The van der Waals surface area contributed by atoms with Crippen molar-refractivity contribution in [2.45, 2.75) is 27.3 Å². The van der Waals surface area contributed by atoms with E-state index in [2.05, 4.69) is 4.99 Å². The van der Waals surface area contributed by atoms with Crippen molar-refractivity contribution in [1.29, 1.82) is 0 Å². The summed E-state index contributed by atoms with van der Waals surface area (Å²) in [5, 5.41) is 10.9. The number of aromatic hydroxyl groups is 1. The number of nitrogens with zero attached hydrogens (tertiary/aromatic N) is 1. The van der Waals surface area contributed by atoms with Gasteiger partial charge < -0.3 is 14.3 Å². The first-order chi connectivity index (χ1) is 12.6. The average Bonchev–Trinajstić information content (AvgIpc) is 2.68. The molecule has 0 amide bonds. The highest BCUT2D eigenvalue weighted by atomic mass is 16.5. The first-order valence-electron chi connectivity index (χ1n) is 8.49. The fourth-order valence-corrected chi connectivity index (χ4v) is 2.47. The summed E-state index contributed by atoms with van der Waals surface area (Å²) in [6, 6.07) is 14.4. The normalized spacial score (nSPS) is 11.0. The Hall–Kier alpha value is -3.08. The van der Waals surface area contributed by atoms with Gasteiger partial charge in [0.2, 0.25) is 0 Å². The SMILES string of the molecule is CC.COc1ccc(CN=C(C)c2c(O)c3ccccc3oc2=O)cc1. The second-order valence-electron chi connectivity index (χ2n) is 5.36. The molecule has 3 aromatic rings. The fourth-order valence-electron chi connectivity index (χ4n) is 2.47. The molecule has 0 spiro atoms. The van der Waals surface area contributed by atoms with Crippen molar-refractivity contribution in [2.75, 3.05) is 7.11 Å². The summed E-state index contributed by atoms with van der Waals surface area (Å²) >= 11 is 0. The van der Waals surface area contributed by atoms with Crippen LogP contribution in [0.5, 0.6) is 11.5 Å². The molecular weight excluding hydrogens is 330 g/mol. The molecule has 0 saturated carbocycles. The molecule has 0 radical (unpaired) electrons. The molecule has 0 atom stereocenters. The summed E-state index contributed by atoms with van der Waals surface area (Å²) < 4.78 is 10.4. The molecule has 0 aliphatic heterocycles. The Morgan fingerprint density at radius 3 is 2.42 bits per heavy atom. The smallest absolute Gasteiger partial charge is 0.349 e. The van der Waals surface area contributed by atoms with Crippen molar-refractivity contribution < 1.29 is 14.3 Å². The first-order valence-corrected chi connectivity index (χ1v) is 8.49. The van der Waals surface area contributed by atoms with Gasteiger partial charge in [0.15, 0.2) is 0 Å². The lowest BCUT2D eigenvalue weighted by molar-refractivity contribution is 0.414. The van der Waals surface area contributed by atoms with Crippen LogP contribution in [0.15, 0.2) is 62.7 Å². The zero-order valence-corrected chi connectivity index (χ0v) is 15.4. The monoisotopic (exact) mass is 353 g/mol. The summed E-state index contributed by atoms with van der Waals surface area (Å²) in [5.41, 5.74) is 1.26. The van der Waals surface area contributed by atoms with Crippen molar-refractivity contribution in [3.63, 3.8) is 0 Å². The number of fused-ring (bicyclic) bond motifs is 1. The van der Waals surface area contributed by atoms with E-state index in [4.69, 9.17) is 9.15 Å². The molecule has 136 valence electrons. The molecule has 1 aromatic heterocycles. The number of aliphatic imine (C=N–C) groups is 1. The highest BCUT2D eigenvalue weighted by molar-refractivity contribution is 6.04. The van der Waals surface area contributed by atoms with E-state index < -0.39 is 5.63 Å². The number of ether oxygens (including phenoxy) is 1. The quantitative estimate of drug-likeness (QED) is 0.552. The molecule has 0 saturated heterocycles. The van der Waals surface area contributed by atoms with Crippen LogP contribution >= 0.6 is 0 Å². The fraction of sp³-hybridized carbons (Fsp3) is 0.238. The van der Waals surface area contributed by atoms with E-state index in [1.807, 2.05) is 38.1 Å². The molecule has 3 rings (SSSR count). The lowest BCUT2D eigenvalue weighted by Gasteiger charge is -2.06. The highest BCUT2D eigenvalue weighted by Gasteiger charge is 2.15. The van der Waals surface area contributed by atoms with E-state index in [9.17, 15) is 9.90 Å². The zero-order valence-electron chi connectivity index (χ0n) is 15.4. The van der Waals surface area contributed by atoms with Gasteiger partial charge in [-0.2, -0.15) is 0 Å². The van der Waals surface area contributed by atoms with Gasteiger partial charge in [0.05, 0.1) is 24.8 Å². The van der Waals surface area contributed by atoms with Crippen molar-refractivity contribution in [1.82, 2.24) is 0 Å². The number of rotatable bonds is 4. The molecule has 0 fully saturated rings. The van der Waals surface area contributed by atoms with E-state index in [0.717, 1.165) is 11.3 Å². The molecule has 2 aromatic carbocycles. The molecule has 5 heteroatoms. The minimum Gasteiger partial charge on any atom is -0.506 e. The lowest BCUT2D eigenvalue weighted by atomic mass is 10.1. The molecule has 0 aliphatic carbocycles. The second-order valence-corrected chi connectivity index (χ2v) is 5.36. The molecule has 0 aliphatic rings. The number of hydrogen-bond acceptors (Lipinski definition) is 5. The van der Waals surface area contributed by atoms with Gasteiger partial charge >= 0.3 is 5.63 Å². The van der Waals surface area contributed by atoms with Crippen LogP contribution in [0.2, 0.25) is 0 Å². The van der Waals surface area contributed by atoms with E-state index in [-0.39, 0.29) is 11.3 Å². The van der Waals surface area contributed by atoms with Crippen LogP contribution in [0.4, 0.5) is 0 Å². The summed E-state index contributed by atoms with van der Waals surface area (Å²) in [6.45, 7) is 6.08. The number of hydrogen-bond donors (Lipinski definition) is 1. The van der Waals surface area contributed by atoms with Gasteiger partial charge in [-0.3, -0.25) is 4.99 Å². The Bertz CT molecular complexity index is 956. The predicted octanol–water partition coefficient (Wildman–Crippen LogP) is 4.54. The Morgan fingerprint density at radius 2 is 1.77 bits per heavy atom. The molecule has 1 N–H and O–H groups in total. The van der Waals surface area contributed by atoms with Crippen molar-refractivity contribution in [2.24, 2.45) is 4.99 Å². The van der Waals surface area contributed by atoms with Gasteiger partial charge in [-0.25, -0.2) is 4.79 Å². The largest absolute Gasteiger partial charge is 0.506 e. The Balaban J connectivity index is 0.00000117. The second kappa shape index (κ2) is 8.85. The van der Waals surface area contributed by atoms with Gasteiger partial charge in [-0.15, -0.1) is 0 Å². The lowest BCUT2D eigenvalue weighted by Crippen LogP contribution is -2.13. The average molecular weight is 353 g/mol. The summed E-state index contributed by atoms with van der Waals surface area (Å²) in [5.74, 6) is 0.671. The van der Waals surface area contributed by atoms with Crippen LogP contribution in [-0.2, 0) is 6.54 Å². The van der Waals surface area contributed by atoms with Crippen LogP contribution in [0.3, 0.4) is 0 Å². The van der Waals surface area contributed by atoms with E-state index in [1.54, 1.807) is 38.3 Å². The summed E-state index contributed by atoms with van der Waals surface area (Å²) in [6.07, 6.45) is 0. The third kappa shape index (κ3) is 4.11. The first kappa shape index (κ1) is 19.2. The number of methoxy groups -OCH3 is 1. The van der Waals surface area contributed by atoms with Gasteiger partial charge in [-0.05, 0) is 36.8 Å². The molecular formula is C21H23NO4. The minimum absolute atomic E-state index is 0.0992. The van der Waals surface area contributed by atoms with Crippen LogP contribution in [0.25, 0.3) is 11.0 Å². The van der Waals surface area contributed by atoms with Crippen LogP contribution in [0.1, 0.15) is 31.9 Å². The topological polar surface area (TPSA) is 72.0 Å². The summed E-state index contributed by atoms with van der Waals surface area (Å²) in [7, 11) is 1.61. The molecule has 26 heavy (non-hydrogen) atoms. The van der Waals surface area contributed by atoms with Crippen molar-refractivity contribution >= 4 is 16.7 Å². The summed E-state index contributed by atoms with van der Waals surface area (Å²) in [4.78, 5) is 16.6. The van der Waals surface area contributed by atoms with Gasteiger partial charge in [0, 0.05) is 0 Å². The zero-order chi connectivity index (χ0) is 19.1. The van der Waals surface area contributed by atoms with E-state index in [0.29, 0.717) is 23.2 Å². The number of benzene rings is 2. The number of para-hydroxylation sites is 1. The molecule has 0 unspecified atom stereocenters. The van der Waals surface area contributed by atoms with Crippen LogP contribution in [0, 0.1) is 0 Å². The van der Waals surface area contributed by atoms with Gasteiger partial charge in [0.1, 0.15) is 22.6 Å². The minimum atomic E-state index is -0.595. The maximum absolute atomic E-state index is 12.2. The van der Waals surface area contributed by atoms with E-state index >= 15 is 0 Å². The maximum Gasteiger partial charge on any atom is 0.349 e. The van der Waals surface area contributed by atoms with Crippen LogP contribution in [-0.4, -0.2) is 17.9 Å². The highest BCUT2D eigenvalue weighted by Crippen LogP contribution is 2.26. The standard InChI is InChI=1S/C19H17NO4.C2H6/c1-12(20-11-13-7-9-14(23-2)10-8-13)17-18(21)15-5-3-4-6-16(15)24-19(17)22;1-2/h3-10,21H,11H2,1-2H3;1-2H3. The van der Waals surface area contributed by atoms with Crippen LogP contribution < -0.4 is 10.4 Å². The van der Waals surface area contributed by atoms with Crippen molar-refractivity contribution in [3.8, 4) is 11.5 Å². The third-order valence-electron chi connectivity index (χ3n) is 3.81. The molecule has 0 bridgehead atoms. The van der Waals surface area contributed by atoms with Gasteiger partial charge in [-0.1, -0.05) is 38.1 Å². The Labute approximate surface area is 152 Å². The predicted molar refractivity (Wildman–Crippen MR) is 104 cm³/mol.